The van der Waals surface area contributed by atoms with Gasteiger partial charge in [-0.25, -0.2) is 4.68 Å². The fourth-order valence-corrected chi connectivity index (χ4v) is 3.64. The molecule has 0 atom stereocenters. The number of nitrogen functional groups attached to an aromatic ring is 1. The molecule has 3 N–H and O–H groups in total. The van der Waals surface area contributed by atoms with E-state index in [4.69, 9.17) is 10.2 Å². The first-order chi connectivity index (χ1) is 11.7. The molecule has 2 aromatic rings. The zero-order valence-corrected chi connectivity index (χ0v) is 15.0. The fraction of sp³-hybridized carbons (Fsp3) is 0.625. The molecule has 3 rings (SSSR count). The third kappa shape index (κ3) is 4.91. The number of likely N-dealkylation sites (tertiary alicyclic amines) is 1. The Morgan fingerprint density at radius 1 is 1.25 bits per heavy atom. The fourth-order valence-electron chi connectivity index (χ4n) is 2.89. The molecule has 1 fully saturated rings. The lowest BCUT2D eigenvalue weighted by Gasteiger charge is -2.25. The standard InChI is InChI=1S/C16H26N6OS/c1-21-16(19-15(17)20-21)18-7-10-24-12-14-6-5-13(23-14)11-22-8-3-2-4-9-22/h5-6H,2-4,7-12H2,1H3,(H3,17,18,19,20). The van der Waals surface area contributed by atoms with Gasteiger partial charge in [-0.3, -0.25) is 4.90 Å². The van der Waals surface area contributed by atoms with Crippen LogP contribution in [-0.4, -0.2) is 45.1 Å². The minimum Gasteiger partial charge on any atom is -0.464 e. The Morgan fingerprint density at radius 2 is 2.04 bits per heavy atom. The third-order valence-electron chi connectivity index (χ3n) is 4.10. The first kappa shape index (κ1) is 17.2. The third-order valence-corrected chi connectivity index (χ3v) is 5.08. The largest absolute Gasteiger partial charge is 0.464 e. The Bertz CT molecular complexity index is 634. The van der Waals surface area contributed by atoms with Crippen molar-refractivity contribution in [1.82, 2.24) is 19.7 Å². The van der Waals surface area contributed by atoms with Gasteiger partial charge in [0.05, 0.1) is 12.3 Å². The lowest BCUT2D eigenvalue weighted by Crippen LogP contribution is -2.28. The van der Waals surface area contributed by atoms with Crippen LogP contribution in [0.15, 0.2) is 16.5 Å². The highest BCUT2D eigenvalue weighted by Gasteiger charge is 2.12. The number of nitrogens with two attached hydrogens (primary N) is 1. The summed E-state index contributed by atoms with van der Waals surface area (Å²) in [6.07, 6.45) is 3.99. The van der Waals surface area contributed by atoms with Crippen LogP contribution < -0.4 is 11.1 Å². The number of piperidine rings is 1. The van der Waals surface area contributed by atoms with Crippen LogP contribution >= 0.6 is 11.8 Å². The SMILES string of the molecule is Cn1nc(N)nc1NCCSCc1ccc(CN2CCCCC2)o1. The van der Waals surface area contributed by atoms with Gasteiger partial charge in [0, 0.05) is 19.3 Å². The maximum atomic E-state index is 5.95. The second-order valence-corrected chi connectivity index (χ2v) is 7.21. The summed E-state index contributed by atoms with van der Waals surface area (Å²) in [6, 6.07) is 4.22. The Labute approximate surface area is 147 Å². The number of aryl methyl sites for hydroxylation is 1. The van der Waals surface area contributed by atoms with Crippen LogP contribution in [0.3, 0.4) is 0 Å². The van der Waals surface area contributed by atoms with Crippen molar-refractivity contribution < 1.29 is 4.42 Å². The molecule has 1 saturated heterocycles. The molecule has 1 aliphatic heterocycles. The van der Waals surface area contributed by atoms with Crippen LogP contribution in [0.1, 0.15) is 30.8 Å². The first-order valence-electron chi connectivity index (χ1n) is 8.49. The lowest BCUT2D eigenvalue weighted by molar-refractivity contribution is 0.204. The van der Waals surface area contributed by atoms with Gasteiger partial charge >= 0.3 is 0 Å². The monoisotopic (exact) mass is 350 g/mol. The van der Waals surface area contributed by atoms with Gasteiger partial charge in [0.1, 0.15) is 11.5 Å². The van der Waals surface area contributed by atoms with Crippen molar-refractivity contribution in [3.63, 3.8) is 0 Å². The first-order valence-corrected chi connectivity index (χ1v) is 9.64. The summed E-state index contributed by atoms with van der Waals surface area (Å²) >= 11 is 1.84. The number of nitrogens with zero attached hydrogens (tertiary/aromatic N) is 4. The lowest BCUT2D eigenvalue weighted by atomic mass is 10.1. The van der Waals surface area contributed by atoms with Gasteiger partial charge in [0.2, 0.25) is 11.9 Å². The predicted molar refractivity (Wildman–Crippen MR) is 97.9 cm³/mol. The van der Waals surface area contributed by atoms with Gasteiger partial charge < -0.3 is 15.5 Å². The normalized spacial score (nSPS) is 15.7. The van der Waals surface area contributed by atoms with Crippen LogP contribution in [0.25, 0.3) is 0 Å². The highest BCUT2D eigenvalue weighted by Crippen LogP contribution is 2.18. The van der Waals surface area contributed by atoms with Crippen molar-refractivity contribution in [3.8, 4) is 0 Å². The molecule has 7 nitrogen and oxygen atoms in total. The van der Waals surface area contributed by atoms with Gasteiger partial charge in [0.25, 0.3) is 0 Å². The molecule has 0 spiro atoms. The average molecular weight is 350 g/mol. The molecular weight excluding hydrogens is 324 g/mol. The summed E-state index contributed by atoms with van der Waals surface area (Å²) in [5.41, 5.74) is 5.55. The van der Waals surface area contributed by atoms with E-state index >= 15 is 0 Å². The van der Waals surface area contributed by atoms with Crippen molar-refractivity contribution in [2.45, 2.75) is 31.6 Å². The number of thioether (sulfide) groups is 1. The van der Waals surface area contributed by atoms with E-state index in [0.717, 1.165) is 36.1 Å². The van der Waals surface area contributed by atoms with E-state index in [1.165, 1.54) is 32.4 Å². The van der Waals surface area contributed by atoms with Gasteiger partial charge in [-0.2, -0.15) is 16.7 Å². The van der Waals surface area contributed by atoms with E-state index in [1.54, 1.807) is 4.68 Å². The zero-order valence-electron chi connectivity index (χ0n) is 14.2. The Morgan fingerprint density at radius 3 is 2.79 bits per heavy atom. The Balaban J connectivity index is 1.34. The van der Waals surface area contributed by atoms with Crippen LogP contribution in [0, 0.1) is 0 Å². The molecule has 0 saturated carbocycles. The summed E-state index contributed by atoms with van der Waals surface area (Å²) < 4.78 is 7.60. The van der Waals surface area contributed by atoms with Crippen LogP contribution in [0.5, 0.6) is 0 Å². The van der Waals surface area contributed by atoms with E-state index in [1.807, 2.05) is 18.8 Å². The highest BCUT2D eigenvalue weighted by molar-refractivity contribution is 7.98. The molecule has 1 aliphatic rings. The van der Waals surface area contributed by atoms with E-state index in [-0.39, 0.29) is 0 Å². The number of hydrogen-bond acceptors (Lipinski definition) is 7. The van der Waals surface area contributed by atoms with Gasteiger partial charge in [-0.1, -0.05) is 6.42 Å². The molecule has 8 heteroatoms. The molecule has 3 heterocycles. The molecule has 0 radical (unpaired) electrons. The second-order valence-electron chi connectivity index (χ2n) is 6.10. The minimum absolute atomic E-state index is 0.296. The van der Waals surface area contributed by atoms with Crippen molar-refractivity contribution in [3.05, 3.63) is 23.7 Å². The van der Waals surface area contributed by atoms with Gasteiger partial charge in [-0.05, 0) is 38.1 Å². The molecule has 0 bridgehead atoms. The topological polar surface area (TPSA) is 85.1 Å². The van der Waals surface area contributed by atoms with Gasteiger partial charge in [-0.15, -0.1) is 5.10 Å². The molecular formula is C16H26N6OS. The number of hydrogen-bond donors (Lipinski definition) is 2. The molecule has 0 aliphatic carbocycles. The molecule has 132 valence electrons. The van der Waals surface area contributed by atoms with Crippen molar-refractivity contribution >= 4 is 23.7 Å². The van der Waals surface area contributed by atoms with Crippen molar-refractivity contribution in [2.24, 2.45) is 7.05 Å². The number of anilines is 2. The average Bonchev–Trinajstić information content (AvgIpc) is 3.14. The number of rotatable bonds is 8. The maximum Gasteiger partial charge on any atom is 0.241 e. The van der Waals surface area contributed by atoms with Crippen molar-refractivity contribution in [1.29, 1.82) is 0 Å². The highest BCUT2D eigenvalue weighted by atomic mass is 32.2. The van der Waals surface area contributed by atoms with E-state index < -0.39 is 0 Å². The summed E-state index contributed by atoms with van der Waals surface area (Å²) in [5.74, 6) is 4.99. The second kappa shape index (κ2) is 8.43. The van der Waals surface area contributed by atoms with Crippen LogP contribution in [-0.2, 0) is 19.3 Å². The molecule has 0 amide bonds. The Kier molecular flexibility index (Phi) is 6.03. The summed E-state index contributed by atoms with van der Waals surface area (Å²) in [6.45, 7) is 4.16. The number of nitrogens with one attached hydrogen (secondary N) is 1. The van der Waals surface area contributed by atoms with E-state index in [2.05, 4.69) is 32.4 Å². The predicted octanol–water partition coefficient (Wildman–Crippen LogP) is 2.32. The van der Waals surface area contributed by atoms with E-state index in [0.29, 0.717) is 11.9 Å². The zero-order chi connectivity index (χ0) is 16.8. The molecule has 24 heavy (non-hydrogen) atoms. The van der Waals surface area contributed by atoms with Gasteiger partial charge in [0.15, 0.2) is 0 Å². The van der Waals surface area contributed by atoms with Crippen molar-refractivity contribution in [2.75, 3.05) is 36.4 Å². The number of furan rings is 1. The minimum atomic E-state index is 0.296. The van der Waals surface area contributed by atoms with E-state index in [9.17, 15) is 0 Å². The molecule has 0 unspecified atom stereocenters. The number of aromatic nitrogens is 3. The smallest absolute Gasteiger partial charge is 0.241 e. The summed E-state index contributed by atoms with van der Waals surface area (Å²) in [7, 11) is 1.82. The van der Waals surface area contributed by atoms with Crippen LogP contribution in [0.4, 0.5) is 11.9 Å². The van der Waals surface area contributed by atoms with Crippen LogP contribution in [0.2, 0.25) is 0 Å². The summed E-state index contributed by atoms with van der Waals surface area (Å²) in [5, 5.41) is 7.23. The molecule has 0 aromatic carbocycles. The Hall–Kier alpha value is -1.67. The summed E-state index contributed by atoms with van der Waals surface area (Å²) in [4.78, 5) is 6.59. The maximum absolute atomic E-state index is 5.95. The molecule has 2 aromatic heterocycles. The quantitative estimate of drug-likeness (QED) is 0.707.